The van der Waals surface area contributed by atoms with Crippen LogP contribution in [0.2, 0.25) is 0 Å². The van der Waals surface area contributed by atoms with E-state index in [0.717, 1.165) is 10.0 Å². The molecular weight excluding hydrogens is 274 g/mol. The summed E-state index contributed by atoms with van der Waals surface area (Å²) in [5.41, 5.74) is 0.954. The van der Waals surface area contributed by atoms with Crippen molar-refractivity contribution < 1.29 is 4.55 Å². The van der Waals surface area contributed by atoms with Crippen molar-refractivity contribution in [1.82, 2.24) is 0 Å². The summed E-state index contributed by atoms with van der Waals surface area (Å²) in [6.07, 6.45) is 1.65. The Labute approximate surface area is 102 Å². The van der Waals surface area contributed by atoms with Crippen LogP contribution >= 0.6 is 15.9 Å². The molecule has 0 unspecified atom stereocenters. The van der Waals surface area contributed by atoms with Gasteiger partial charge in [0.15, 0.2) is 0 Å². The predicted molar refractivity (Wildman–Crippen MR) is 69.6 cm³/mol. The molecule has 0 saturated heterocycles. The summed E-state index contributed by atoms with van der Waals surface area (Å²) in [5.74, 6) is 0. The van der Waals surface area contributed by atoms with Gasteiger partial charge in [0.1, 0.15) is 16.1 Å². The monoisotopic (exact) mass is 287 g/mol. The Bertz CT molecular complexity index is 343. The Balaban J connectivity index is 2.70. The molecule has 0 N–H and O–H groups in total. The third-order valence-electron chi connectivity index (χ3n) is 1.69. The van der Waals surface area contributed by atoms with Crippen LogP contribution in [0.1, 0.15) is 26.3 Å². The predicted octanol–water partition coefficient (Wildman–Crippen LogP) is 3.33. The van der Waals surface area contributed by atoms with Gasteiger partial charge in [0.05, 0.1) is 6.21 Å². The summed E-state index contributed by atoms with van der Waals surface area (Å²) < 4.78 is 16.4. The standard InChI is InChI=1S/C11H14BrNOS/c1-11(2,3)15(14)13-8-9-4-6-10(12)7-5-9/h4-8H,1-3H3/t15-/m1/s1. The Morgan fingerprint density at radius 2 is 1.80 bits per heavy atom. The smallest absolute Gasteiger partial charge is 0.144 e. The zero-order valence-corrected chi connectivity index (χ0v) is 11.4. The van der Waals surface area contributed by atoms with Crippen LogP contribution in [0.3, 0.4) is 0 Å². The number of halogens is 1. The minimum Gasteiger partial charge on any atom is -0.591 e. The number of hydrogen-bond acceptors (Lipinski definition) is 2. The van der Waals surface area contributed by atoms with Crippen molar-refractivity contribution in [2.75, 3.05) is 0 Å². The first-order valence-electron chi connectivity index (χ1n) is 4.61. The van der Waals surface area contributed by atoms with E-state index in [-0.39, 0.29) is 4.75 Å². The summed E-state index contributed by atoms with van der Waals surface area (Å²) in [5, 5.41) is 0. The number of hydrogen-bond donors (Lipinski definition) is 0. The quantitative estimate of drug-likeness (QED) is 0.607. The molecule has 0 radical (unpaired) electrons. The second kappa shape index (κ2) is 5.14. The van der Waals surface area contributed by atoms with E-state index in [9.17, 15) is 4.55 Å². The number of benzene rings is 1. The van der Waals surface area contributed by atoms with Crippen molar-refractivity contribution in [2.45, 2.75) is 25.5 Å². The van der Waals surface area contributed by atoms with E-state index in [1.165, 1.54) is 0 Å². The SMILES string of the molecule is CC(C)(C)[S@@+]([O-])N=Cc1ccc(Br)cc1. The van der Waals surface area contributed by atoms with Crippen LogP contribution < -0.4 is 0 Å². The van der Waals surface area contributed by atoms with Gasteiger partial charge < -0.3 is 4.55 Å². The lowest BCUT2D eigenvalue weighted by molar-refractivity contribution is 0.562. The topological polar surface area (TPSA) is 35.4 Å². The number of rotatable bonds is 2. The Hall–Kier alpha value is -0.320. The normalized spacial score (nSPS) is 14.5. The molecule has 15 heavy (non-hydrogen) atoms. The molecule has 2 nitrogen and oxygen atoms in total. The van der Waals surface area contributed by atoms with Crippen molar-refractivity contribution in [3.63, 3.8) is 0 Å². The van der Waals surface area contributed by atoms with Crippen LogP contribution in [0.25, 0.3) is 0 Å². The Morgan fingerprint density at radius 3 is 2.27 bits per heavy atom. The molecule has 0 spiro atoms. The fourth-order valence-corrected chi connectivity index (χ4v) is 1.61. The minimum absolute atomic E-state index is 0.300. The highest BCUT2D eigenvalue weighted by Gasteiger charge is 2.25. The van der Waals surface area contributed by atoms with E-state index < -0.39 is 11.4 Å². The van der Waals surface area contributed by atoms with Gasteiger partial charge in [0, 0.05) is 4.47 Å². The molecule has 0 aliphatic carbocycles. The molecule has 0 heterocycles. The molecule has 0 amide bonds. The van der Waals surface area contributed by atoms with Crippen molar-refractivity contribution >= 4 is 33.5 Å². The Morgan fingerprint density at radius 1 is 1.27 bits per heavy atom. The second-order valence-electron chi connectivity index (χ2n) is 4.15. The molecule has 1 aromatic rings. The molecule has 0 fully saturated rings. The van der Waals surface area contributed by atoms with Gasteiger partial charge >= 0.3 is 0 Å². The maximum absolute atomic E-state index is 11.6. The van der Waals surface area contributed by atoms with E-state index in [4.69, 9.17) is 0 Å². The molecule has 82 valence electrons. The van der Waals surface area contributed by atoms with Crippen molar-refractivity contribution in [2.24, 2.45) is 4.40 Å². The highest BCUT2D eigenvalue weighted by atomic mass is 79.9. The van der Waals surface area contributed by atoms with Crippen molar-refractivity contribution in [3.05, 3.63) is 34.3 Å². The molecule has 0 aliphatic rings. The van der Waals surface area contributed by atoms with Gasteiger partial charge in [-0.05, 0) is 38.5 Å². The fourth-order valence-electron chi connectivity index (χ4n) is 0.816. The summed E-state index contributed by atoms with van der Waals surface area (Å²) >= 11 is 2.17. The van der Waals surface area contributed by atoms with Gasteiger partial charge in [0.2, 0.25) is 0 Å². The van der Waals surface area contributed by atoms with Gasteiger partial charge in [-0.1, -0.05) is 32.5 Å². The highest BCUT2D eigenvalue weighted by molar-refractivity contribution is 9.10. The molecule has 0 aromatic heterocycles. The first-order valence-corrected chi connectivity index (χ1v) is 6.51. The third-order valence-corrected chi connectivity index (χ3v) is 3.56. The molecule has 1 atom stereocenters. The van der Waals surface area contributed by atoms with E-state index in [2.05, 4.69) is 20.3 Å². The van der Waals surface area contributed by atoms with E-state index >= 15 is 0 Å². The van der Waals surface area contributed by atoms with Gasteiger partial charge in [-0.2, -0.15) is 0 Å². The number of nitrogens with zero attached hydrogens (tertiary/aromatic N) is 1. The summed E-state index contributed by atoms with van der Waals surface area (Å²) in [6, 6.07) is 7.71. The van der Waals surface area contributed by atoms with Gasteiger partial charge in [0.25, 0.3) is 0 Å². The molecule has 4 heteroatoms. The Kier molecular flexibility index (Phi) is 4.37. The summed E-state index contributed by atoms with van der Waals surface area (Å²) in [7, 11) is 0. The van der Waals surface area contributed by atoms with Crippen LogP contribution in [0.5, 0.6) is 0 Å². The van der Waals surface area contributed by atoms with Gasteiger partial charge in [-0.25, -0.2) is 0 Å². The largest absolute Gasteiger partial charge is 0.591 e. The first kappa shape index (κ1) is 12.7. The average molecular weight is 288 g/mol. The van der Waals surface area contributed by atoms with Crippen LogP contribution in [0, 0.1) is 0 Å². The molecular formula is C11H14BrNOS. The molecule has 0 bridgehead atoms. The average Bonchev–Trinajstić information content (AvgIpc) is 2.15. The second-order valence-corrected chi connectivity index (χ2v) is 7.00. The van der Waals surface area contributed by atoms with E-state index in [0.29, 0.717) is 0 Å². The van der Waals surface area contributed by atoms with Crippen LogP contribution in [0.4, 0.5) is 0 Å². The van der Waals surface area contributed by atoms with Crippen molar-refractivity contribution in [3.8, 4) is 0 Å². The molecule has 0 aliphatic heterocycles. The molecule has 1 aromatic carbocycles. The zero-order chi connectivity index (χ0) is 11.5. The van der Waals surface area contributed by atoms with Crippen LogP contribution in [-0.2, 0) is 11.4 Å². The maximum atomic E-state index is 11.6. The summed E-state index contributed by atoms with van der Waals surface area (Å²) in [4.78, 5) is 0. The van der Waals surface area contributed by atoms with Crippen LogP contribution in [0.15, 0.2) is 33.1 Å². The minimum atomic E-state index is -1.19. The third kappa shape index (κ3) is 4.36. The van der Waals surface area contributed by atoms with E-state index in [1.54, 1.807) is 6.21 Å². The lowest BCUT2D eigenvalue weighted by atomic mass is 10.2. The molecule has 1 rings (SSSR count). The summed E-state index contributed by atoms with van der Waals surface area (Å²) in [6.45, 7) is 5.71. The van der Waals surface area contributed by atoms with Crippen LogP contribution in [-0.4, -0.2) is 15.5 Å². The highest BCUT2D eigenvalue weighted by Crippen LogP contribution is 2.17. The van der Waals surface area contributed by atoms with Gasteiger partial charge in [-0.15, -0.1) is 0 Å². The first-order chi connectivity index (χ1) is 6.89. The van der Waals surface area contributed by atoms with Gasteiger partial charge in [-0.3, -0.25) is 0 Å². The van der Waals surface area contributed by atoms with E-state index in [1.807, 2.05) is 45.0 Å². The lowest BCUT2D eigenvalue weighted by Crippen LogP contribution is -2.25. The van der Waals surface area contributed by atoms with Crippen molar-refractivity contribution in [1.29, 1.82) is 0 Å². The maximum Gasteiger partial charge on any atom is 0.144 e. The fraction of sp³-hybridized carbons (Fsp3) is 0.364. The lowest BCUT2D eigenvalue weighted by Gasteiger charge is -2.17. The molecule has 0 saturated carbocycles. The zero-order valence-electron chi connectivity index (χ0n) is 9.03.